The van der Waals surface area contributed by atoms with E-state index in [2.05, 4.69) is 10.6 Å². The second-order valence-electron chi connectivity index (χ2n) is 7.80. The first-order valence-corrected chi connectivity index (χ1v) is 10.5. The summed E-state index contributed by atoms with van der Waals surface area (Å²) in [5.74, 6) is -4.49. The molecule has 4 unspecified atom stereocenters. The van der Waals surface area contributed by atoms with E-state index in [1.54, 1.807) is 24.3 Å². The highest BCUT2D eigenvalue weighted by Gasteiger charge is 2.38. The molecule has 12 heteroatoms. The summed E-state index contributed by atoms with van der Waals surface area (Å²) in [4.78, 5) is 61.8. The van der Waals surface area contributed by atoms with Crippen molar-refractivity contribution in [2.45, 2.75) is 49.9 Å². The number of nitrogens with one attached hydrogen (secondary N) is 2. The number of carbonyl (C=O) groups is 5. The van der Waals surface area contributed by atoms with Crippen molar-refractivity contribution in [1.29, 1.82) is 0 Å². The molecule has 0 bridgehead atoms. The van der Waals surface area contributed by atoms with Gasteiger partial charge in [0.2, 0.25) is 23.6 Å². The topological polar surface area (TPSA) is 205 Å². The molecule has 0 aliphatic carbocycles. The number of carbonyl (C=O) groups excluding carboxylic acids is 4. The van der Waals surface area contributed by atoms with Gasteiger partial charge in [-0.05, 0) is 24.8 Å². The normalized spacial score (nSPS) is 18.1. The number of nitrogens with zero attached hydrogens (tertiary/aromatic N) is 1. The van der Waals surface area contributed by atoms with Gasteiger partial charge in [-0.15, -0.1) is 0 Å². The van der Waals surface area contributed by atoms with E-state index in [1.165, 1.54) is 0 Å². The fourth-order valence-corrected chi connectivity index (χ4v) is 3.60. The summed E-state index contributed by atoms with van der Waals surface area (Å²) in [6.45, 7) is -0.643. The van der Waals surface area contributed by atoms with Gasteiger partial charge >= 0.3 is 5.97 Å². The molecule has 180 valence electrons. The molecule has 0 spiro atoms. The maximum Gasteiger partial charge on any atom is 0.326 e. The number of rotatable bonds is 11. The van der Waals surface area contributed by atoms with Crippen LogP contribution in [0, 0.1) is 0 Å². The second kappa shape index (κ2) is 11.9. The number of hydrogen-bond donors (Lipinski definition) is 6. The Kier molecular flexibility index (Phi) is 9.30. The van der Waals surface area contributed by atoms with E-state index < -0.39 is 66.8 Å². The quantitative estimate of drug-likeness (QED) is 0.206. The van der Waals surface area contributed by atoms with Gasteiger partial charge in [0, 0.05) is 6.54 Å². The number of carboxylic acids is 1. The monoisotopic (exact) mass is 463 g/mol. The fourth-order valence-electron chi connectivity index (χ4n) is 3.60. The highest BCUT2D eigenvalue weighted by molar-refractivity contribution is 5.96. The van der Waals surface area contributed by atoms with E-state index in [0.717, 1.165) is 10.5 Å². The molecule has 8 N–H and O–H groups in total. The van der Waals surface area contributed by atoms with Crippen LogP contribution in [0.15, 0.2) is 30.3 Å². The van der Waals surface area contributed by atoms with Crippen LogP contribution in [0.3, 0.4) is 0 Å². The van der Waals surface area contributed by atoms with Crippen molar-refractivity contribution in [2.24, 2.45) is 11.5 Å². The van der Waals surface area contributed by atoms with Gasteiger partial charge in [0.25, 0.3) is 0 Å². The van der Waals surface area contributed by atoms with E-state index >= 15 is 0 Å². The van der Waals surface area contributed by atoms with E-state index in [9.17, 15) is 34.2 Å². The Bertz CT molecular complexity index is 879. The molecule has 1 aromatic rings. The summed E-state index contributed by atoms with van der Waals surface area (Å²) in [5.41, 5.74) is 11.9. The number of hydrogen-bond acceptors (Lipinski definition) is 7. The van der Waals surface area contributed by atoms with Gasteiger partial charge in [0.1, 0.15) is 18.1 Å². The van der Waals surface area contributed by atoms with Gasteiger partial charge in [0.15, 0.2) is 0 Å². The molecule has 12 nitrogen and oxygen atoms in total. The number of aliphatic carboxylic acids is 1. The lowest BCUT2D eigenvalue weighted by Crippen LogP contribution is -2.58. The standard InChI is InChI=1S/C21H29N5O7/c22-13(9-12-5-2-1-3-6-12)18(29)24-14(10-17(23)28)19(30)25-15(11-27)20(31)26-8-4-7-16(26)21(32)33/h1-3,5-6,13-16,27H,4,7-11,22H2,(H2,23,28)(H,24,29)(H,25,30)(H,32,33). The van der Waals surface area contributed by atoms with E-state index in [-0.39, 0.29) is 19.4 Å². The number of likely N-dealkylation sites (tertiary alicyclic amines) is 1. The summed E-state index contributed by atoms with van der Waals surface area (Å²) in [6, 6.07) is 3.96. The zero-order valence-corrected chi connectivity index (χ0v) is 18.0. The van der Waals surface area contributed by atoms with Crippen molar-refractivity contribution in [3.05, 3.63) is 35.9 Å². The lowest BCUT2D eigenvalue weighted by molar-refractivity contribution is -0.150. The highest BCUT2D eigenvalue weighted by Crippen LogP contribution is 2.18. The number of carboxylic acid groups (broad SMARTS) is 1. The van der Waals surface area contributed by atoms with Crippen LogP contribution in [0.5, 0.6) is 0 Å². The zero-order chi connectivity index (χ0) is 24.5. The Morgan fingerprint density at radius 3 is 2.27 bits per heavy atom. The maximum atomic E-state index is 12.7. The van der Waals surface area contributed by atoms with Gasteiger partial charge in [-0.3, -0.25) is 19.2 Å². The largest absolute Gasteiger partial charge is 0.480 e. The summed E-state index contributed by atoms with van der Waals surface area (Å²) in [5, 5.41) is 23.5. The van der Waals surface area contributed by atoms with Crippen LogP contribution in [0.25, 0.3) is 0 Å². The van der Waals surface area contributed by atoms with Crippen LogP contribution in [-0.4, -0.2) is 82.0 Å². The average Bonchev–Trinajstić information content (AvgIpc) is 3.27. The number of aliphatic hydroxyl groups is 1. The Morgan fingerprint density at radius 1 is 1.06 bits per heavy atom. The van der Waals surface area contributed by atoms with Crippen LogP contribution in [0.4, 0.5) is 0 Å². The fraction of sp³-hybridized carbons (Fsp3) is 0.476. The molecule has 4 amide bonds. The van der Waals surface area contributed by atoms with Gasteiger partial charge in [-0.2, -0.15) is 0 Å². The van der Waals surface area contributed by atoms with Gasteiger partial charge < -0.3 is 37.2 Å². The smallest absolute Gasteiger partial charge is 0.326 e. The Balaban J connectivity index is 2.05. The maximum absolute atomic E-state index is 12.7. The summed E-state index contributed by atoms with van der Waals surface area (Å²) in [6.07, 6.45) is 0.339. The highest BCUT2D eigenvalue weighted by atomic mass is 16.4. The van der Waals surface area contributed by atoms with Crippen molar-refractivity contribution in [3.63, 3.8) is 0 Å². The van der Waals surface area contributed by atoms with Crippen molar-refractivity contribution in [1.82, 2.24) is 15.5 Å². The van der Waals surface area contributed by atoms with Crippen LogP contribution < -0.4 is 22.1 Å². The second-order valence-corrected chi connectivity index (χ2v) is 7.80. The molecule has 0 saturated carbocycles. The molecular weight excluding hydrogens is 434 g/mol. The predicted octanol–water partition coefficient (Wildman–Crippen LogP) is -2.53. The number of amides is 4. The summed E-state index contributed by atoms with van der Waals surface area (Å²) >= 11 is 0. The minimum Gasteiger partial charge on any atom is -0.480 e. The lowest BCUT2D eigenvalue weighted by atomic mass is 10.0. The molecule has 0 aromatic heterocycles. The molecule has 4 atom stereocenters. The van der Waals surface area contributed by atoms with Crippen LogP contribution >= 0.6 is 0 Å². The molecule has 1 fully saturated rings. The third-order valence-corrected chi connectivity index (χ3v) is 5.29. The molecule has 1 aliphatic heterocycles. The first-order valence-electron chi connectivity index (χ1n) is 10.5. The Morgan fingerprint density at radius 2 is 1.70 bits per heavy atom. The zero-order valence-electron chi connectivity index (χ0n) is 18.0. The third kappa shape index (κ3) is 7.26. The molecule has 1 aliphatic rings. The first-order chi connectivity index (χ1) is 15.6. The molecule has 1 heterocycles. The predicted molar refractivity (Wildman–Crippen MR) is 115 cm³/mol. The van der Waals surface area contributed by atoms with Crippen LogP contribution in [0.2, 0.25) is 0 Å². The molecule has 1 aromatic carbocycles. The SMILES string of the molecule is NC(=O)CC(NC(=O)C(N)Cc1ccccc1)C(=O)NC(CO)C(=O)N1CCCC1C(=O)O. The van der Waals surface area contributed by atoms with Crippen LogP contribution in [0.1, 0.15) is 24.8 Å². The summed E-state index contributed by atoms with van der Waals surface area (Å²) in [7, 11) is 0. The molecule has 1 saturated heterocycles. The molecule has 33 heavy (non-hydrogen) atoms. The minimum atomic E-state index is -1.46. The van der Waals surface area contributed by atoms with E-state index in [1.807, 2.05) is 6.07 Å². The van der Waals surface area contributed by atoms with Crippen molar-refractivity contribution in [2.75, 3.05) is 13.2 Å². The third-order valence-electron chi connectivity index (χ3n) is 5.29. The van der Waals surface area contributed by atoms with Crippen LogP contribution in [-0.2, 0) is 30.4 Å². The number of nitrogens with two attached hydrogens (primary N) is 2. The number of benzene rings is 1. The minimum absolute atomic E-state index is 0.165. The molecule has 2 rings (SSSR count). The Hall–Kier alpha value is -3.51. The van der Waals surface area contributed by atoms with E-state index in [0.29, 0.717) is 6.42 Å². The lowest BCUT2D eigenvalue weighted by Gasteiger charge is -2.27. The number of primary amides is 1. The average molecular weight is 463 g/mol. The van der Waals surface area contributed by atoms with Crippen molar-refractivity contribution < 1.29 is 34.2 Å². The van der Waals surface area contributed by atoms with Gasteiger partial charge in [-0.25, -0.2) is 4.79 Å². The molecule has 0 radical (unpaired) electrons. The van der Waals surface area contributed by atoms with Gasteiger partial charge in [-0.1, -0.05) is 30.3 Å². The van der Waals surface area contributed by atoms with Crippen molar-refractivity contribution >= 4 is 29.6 Å². The van der Waals surface area contributed by atoms with E-state index in [4.69, 9.17) is 11.5 Å². The van der Waals surface area contributed by atoms with Gasteiger partial charge in [0.05, 0.1) is 19.1 Å². The van der Waals surface area contributed by atoms with Crippen molar-refractivity contribution in [3.8, 4) is 0 Å². The number of aliphatic hydroxyl groups excluding tert-OH is 1. The first kappa shape index (κ1) is 25.7. The molecular formula is C21H29N5O7. The summed E-state index contributed by atoms with van der Waals surface area (Å²) < 4.78 is 0. The Labute approximate surface area is 190 Å².